The van der Waals surface area contributed by atoms with Crippen molar-refractivity contribution in [1.82, 2.24) is 0 Å². The van der Waals surface area contributed by atoms with Crippen LogP contribution in [0.2, 0.25) is 0 Å². The van der Waals surface area contributed by atoms with Gasteiger partial charge in [0.15, 0.2) is 0 Å². The highest BCUT2D eigenvalue weighted by molar-refractivity contribution is 5.85. The van der Waals surface area contributed by atoms with Gasteiger partial charge in [0, 0.05) is 11.8 Å². The van der Waals surface area contributed by atoms with E-state index >= 15 is 0 Å². The molecule has 0 unspecified atom stereocenters. The fourth-order valence-corrected chi connectivity index (χ4v) is 2.64. The van der Waals surface area contributed by atoms with E-state index < -0.39 is 9.85 Å². The average molecular weight is 306 g/mol. The summed E-state index contributed by atoms with van der Waals surface area (Å²) >= 11 is 0. The molecule has 1 N–H and O–H groups in total. The molecule has 1 saturated carbocycles. The molecule has 8 nitrogen and oxygen atoms in total. The van der Waals surface area contributed by atoms with E-state index in [1.165, 1.54) is 31.4 Å². The Hall–Kier alpha value is -2.51. The molecule has 0 saturated heterocycles. The second-order valence-electron chi connectivity index (χ2n) is 5.42. The maximum absolute atomic E-state index is 11.0. The zero-order valence-electron chi connectivity index (χ0n) is 12.3. The SMILES string of the molecule is C/C(=N/Nc1ccc([N+](=O)[O-])cc1[N+](=O)[O-])C1CCCCC1. The van der Waals surface area contributed by atoms with Crippen LogP contribution in [-0.2, 0) is 0 Å². The molecule has 0 aliphatic heterocycles. The van der Waals surface area contributed by atoms with Gasteiger partial charge in [-0.2, -0.15) is 5.10 Å². The number of nitro groups is 2. The van der Waals surface area contributed by atoms with Crippen molar-refractivity contribution in [2.24, 2.45) is 11.0 Å². The summed E-state index contributed by atoms with van der Waals surface area (Å²) in [4.78, 5) is 20.4. The van der Waals surface area contributed by atoms with Crippen LogP contribution in [0.5, 0.6) is 0 Å². The van der Waals surface area contributed by atoms with E-state index in [2.05, 4.69) is 10.5 Å². The van der Waals surface area contributed by atoms with Gasteiger partial charge in [0.25, 0.3) is 5.69 Å². The van der Waals surface area contributed by atoms with Gasteiger partial charge in [-0.1, -0.05) is 19.3 Å². The van der Waals surface area contributed by atoms with E-state index in [4.69, 9.17) is 0 Å². The molecule has 1 aromatic rings. The number of nitro benzene ring substituents is 2. The molecule has 0 radical (unpaired) electrons. The molecule has 1 aromatic carbocycles. The first kappa shape index (κ1) is 15.9. The summed E-state index contributed by atoms with van der Waals surface area (Å²) in [6.07, 6.45) is 5.76. The Bertz CT molecular complexity index is 609. The fraction of sp³-hybridized carbons (Fsp3) is 0.500. The zero-order valence-corrected chi connectivity index (χ0v) is 12.3. The van der Waals surface area contributed by atoms with Crippen LogP contribution in [-0.4, -0.2) is 15.6 Å². The predicted molar refractivity (Wildman–Crippen MR) is 83.1 cm³/mol. The standard InChI is InChI=1S/C14H18N4O4/c1-10(11-5-3-2-4-6-11)15-16-13-8-7-12(17(19)20)9-14(13)18(21)22/h7-9,11,16H,2-6H2,1H3/b15-10-. The topological polar surface area (TPSA) is 111 Å². The van der Waals surface area contributed by atoms with Gasteiger partial charge in [-0.05, 0) is 31.7 Å². The highest BCUT2D eigenvalue weighted by Crippen LogP contribution is 2.29. The molecule has 8 heteroatoms. The number of hydrogen-bond acceptors (Lipinski definition) is 6. The molecule has 0 bridgehead atoms. The fourth-order valence-electron chi connectivity index (χ4n) is 2.64. The number of non-ortho nitro benzene ring substituents is 1. The number of nitrogens with zero attached hydrogens (tertiary/aromatic N) is 3. The largest absolute Gasteiger partial charge is 0.301 e. The Morgan fingerprint density at radius 3 is 2.45 bits per heavy atom. The summed E-state index contributed by atoms with van der Waals surface area (Å²) in [5, 5.41) is 26.0. The molecule has 1 aliphatic rings. The van der Waals surface area contributed by atoms with E-state index in [1.54, 1.807) is 0 Å². The third-order valence-corrected chi connectivity index (χ3v) is 3.94. The van der Waals surface area contributed by atoms with Gasteiger partial charge in [0.05, 0.1) is 15.9 Å². The number of hydrogen-bond donors (Lipinski definition) is 1. The number of anilines is 1. The highest BCUT2D eigenvalue weighted by atomic mass is 16.6. The summed E-state index contributed by atoms with van der Waals surface area (Å²) in [6.45, 7) is 1.90. The van der Waals surface area contributed by atoms with Crippen molar-refractivity contribution in [3.63, 3.8) is 0 Å². The van der Waals surface area contributed by atoms with Crippen LogP contribution in [0.4, 0.5) is 17.1 Å². The third kappa shape index (κ3) is 3.78. The predicted octanol–water partition coefficient (Wildman–Crippen LogP) is 3.87. The molecule has 2 rings (SSSR count). The van der Waals surface area contributed by atoms with E-state index in [-0.39, 0.29) is 17.1 Å². The van der Waals surface area contributed by atoms with Gasteiger partial charge in [0.1, 0.15) is 5.69 Å². The molecule has 0 amide bonds. The summed E-state index contributed by atoms with van der Waals surface area (Å²) in [5.74, 6) is 0.401. The number of nitrogens with one attached hydrogen (secondary N) is 1. The maximum atomic E-state index is 11.0. The molecule has 0 aromatic heterocycles. The summed E-state index contributed by atoms with van der Waals surface area (Å²) in [6, 6.07) is 3.47. The van der Waals surface area contributed by atoms with Crippen molar-refractivity contribution in [2.75, 3.05) is 5.43 Å². The van der Waals surface area contributed by atoms with Gasteiger partial charge < -0.3 is 0 Å². The maximum Gasteiger partial charge on any atom is 0.301 e. The van der Waals surface area contributed by atoms with Gasteiger partial charge >= 0.3 is 5.69 Å². The average Bonchev–Trinajstić information content (AvgIpc) is 2.53. The van der Waals surface area contributed by atoms with Gasteiger partial charge in [0.2, 0.25) is 0 Å². The van der Waals surface area contributed by atoms with Crippen molar-refractivity contribution in [1.29, 1.82) is 0 Å². The lowest BCUT2D eigenvalue weighted by atomic mass is 9.86. The van der Waals surface area contributed by atoms with E-state index in [0.29, 0.717) is 5.92 Å². The smallest absolute Gasteiger partial charge is 0.272 e. The van der Waals surface area contributed by atoms with Gasteiger partial charge in [-0.25, -0.2) is 0 Å². The Labute approximate surface area is 127 Å². The zero-order chi connectivity index (χ0) is 16.1. The number of benzene rings is 1. The van der Waals surface area contributed by atoms with Crippen LogP contribution in [0, 0.1) is 26.1 Å². The van der Waals surface area contributed by atoms with Crippen molar-refractivity contribution in [3.05, 3.63) is 38.4 Å². The van der Waals surface area contributed by atoms with Crippen molar-refractivity contribution >= 4 is 22.8 Å². The van der Waals surface area contributed by atoms with Crippen LogP contribution in [0.25, 0.3) is 0 Å². The Morgan fingerprint density at radius 2 is 1.86 bits per heavy atom. The Balaban J connectivity index is 2.17. The van der Waals surface area contributed by atoms with Crippen LogP contribution >= 0.6 is 0 Å². The second-order valence-corrected chi connectivity index (χ2v) is 5.42. The first-order valence-corrected chi connectivity index (χ1v) is 7.22. The van der Waals surface area contributed by atoms with Crippen molar-refractivity contribution in [3.8, 4) is 0 Å². The molecule has 1 fully saturated rings. The normalized spacial score (nSPS) is 16.3. The summed E-state index contributed by atoms with van der Waals surface area (Å²) < 4.78 is 0. The number of rotatable bonds is 5. The van der Waals surface area contributed by atoms with Crippen LogP contribution in [0.1, 0.15) is 39.0 Å². The quantitative estimate of drug-likeness (QED) is 0.504. The third-order valence-electron chi connectivity index (χ3n) is 3.94. The molecule has 0 atom stereocenters. The molecule has 118 valence electrons. The lowest BCUT2D eigenvalue weighted by molar-refractivity contribution is -0.393. The van der Waals surface area contributed by atoms with Crippen LogP contribution < -0.4 is 5.43 Å². The minimum atomic E-state index is -0.659. The first-order chi connectivity index (χ1) is 10.5. The summed E-state index contributed by atoms with van der Waals surface area (Å²) in [7, 11) is 0. The van der Waals surface area contributed by atoms with Crippen LogP contribution in [0.3, 0.4) is 0 Å². The van der Waals surface area contributed by atoms with Gasteiger partial charge in [-0.15, -0.1) is 0 Å². The Morgan fingerprint density at radius 1 is 1.18 bits per heavy atom. The minimum Gasteiger partial charge on any atom is -0.272 e. The monoisotopic (exact) mass is 306 g/mol. The molecule has 22 heavy (non-hydrogen) atoms. The molecular weight excluding hydrogens is 288 g/mol. The molecule has 1 aliphatic carbocycles. The van der Waals surface area contributed by atoms with Crippen molar-refractivity contribution in [2.45, 2.75) is 39.0 Å². The Kier molecular flexibility index (Phi) is 5.03. The summed E-state index contributed by atoms with van der Waals surface area (Å²) in [5.41, 5.74) is 3.08. The van der Waals surface area contributed by atoms with E-state index in [9.17, 15) is 20.2 Å². The minimum absolute atomic E-state index is 0.158. The number of hydrazone groups is 1. The van der Waals surface area contributed by atoms with E-state index in [0.717, 1.165) is 24.6 Å². The lowest BCUT2D eigenvalue weighted by Gasteiger charge is -2.21. The van der Waals surface area contributed by atoms with Crippen LogP contribution in [0.15, 0.2) is 23.3 Å². The molecule has 0 heterocycles. The lowest BCUT2D eigenvalue weighted by Crippen LogP contribution is -2.16. The van der Waals surface area contributed by atoms with E-state index in [1.807, 2.05) is 6.92 Å². The second kappa shape index (κ2) is 6.97. The van der Waals surface area contributed by atoms with Crippen molar-refractivity contribution < 1.29 is 9.85 Å². The first-order valence-electron chi connectivity index (χ1n) is 7.22. The molecule has 0 spiro atoms. The highest BCUT2D eigenvalue weighted by Gasteiger charge is 2.20. The van der Waals surface area contributed by atoms with Gasteiger partial charge in [-0.3, -0.25) is 25.7 Å². The molecular formula is C14H18N4O4.